The van der Waals surface area contributed by atoms with Crippen molar-refractivity contribution in [2.75, 3.05) is 13.7 Å². The summed E-state index contributed by atoms with van der Waals surface area (Å²) < 4.78 is 5.53. The lowest BCUT2D eigenvalue weighted by atomic mass is 10.3. The maximum Gasteiger partial charge on any atom is 0.160 e. The molecule has 1 atom stereocenters. The second-order valence-electron chi connectivity index (χ2n) is 3.65. The first kappa shape index (κ1) is 11.2. The number of ether oxygens (including phenoxy) is 1. The van der Waals surface area contributed by atoms with Crippen LogP contribution < -0.4 is 4.74 Å². The van der Waals surface area contributed by atoms with Gasteiger partial charge in [-0.1, -0.05) is 12.1 Å². The SMILES string of the molecule is CN1C=CSC1CCOc1ccccc1O. The number of thioether (sulfide) groups is 1. The Kier molecular flexibility index (Phi) is 3.62. The zero-order valence-corrected chi connectivity index (χ0v) is 9.98. The molecule has 2 rings (SSSR count). The fourth-order valence-electron chi connectivity index (χ4n) is 1.53. The van der Waals surface area contributed by atoms with Gasteiger partial charge in [-0.15, -0.1) is 11.8 Å². The van der Waals surface area contributed by atoms with Crippen molar-refractivity contribution in [2.45, 2.75) is 11.8 Å². The first-order chi connectivity index (χ1) is 7.77. The Morgan fingerprint density at radius 3 is 2.94 bits per heavy atom. The Bertz CT molecular complexity index is 381. The molecule has 0 fully saturated rings. The molecule has 1 unspecified atom stereocenters. The normalized spacial score (nSPS) is 19.1. The summed E-state index contributed by atoms with van der Waals surface area (Å²) in [4.78, 5) is 2.17. The van der Waals surface area contributed by atoms with E-state index in [0.29, 0.717) is 17.7 Å². The molecule has 1 N–H and O–H groups in total. The van der Waals surface area contributed by atoms with Crippen LogP contribution in [-0.4, -0.2) is 29.0 Å². The lowest BCUT2D eigenvalue weighted by Crippen LogP contribution is -2.22. The average Bonchev–Trinajstić information content (AvgIpc) is 2.67. The number of benzene rings is 1. The second-order valence-corrected chi connectivity index (χ2v) is 4.73. The third kappa shape index (κ3) is 2.64. The zero-order chi connectivity index (χ0) is 11.4. The van der Waals surface area contributed by atoms with Crippen molar-refractivity contribution < 1.29 is 9.84 Å². The molecule has 0 spiro atoms. The molecule has 0 aliphatic carbocycles. The van der Waals surface area contributed by atoms with Gasteiger partial charge in [-0.3, -0.25) is 0 Å². The standard InChI is InChI=1S/C12H15NO2S/c1-13-7-9-16-12(13)6-8-15-11-5-3-2-4-10(11)14/h2-5,7,9,12,14H,6,8H2,1H3. The van der Waals surface area contributed by atoms with Crippen molar-refractivity contribution in [2.24, 2.45) is 0 Å². The van der Waals surface area contributed by atoms with Crippen LogP contribution in [0.25, 0.3) is 0 Å². The summed E-state index contributed by atoms with van der Waals surface area (Å²) in [5, 5.41) is 12.0. The molecule has 1 aromatic carbocycles. The smallest absolute Gasteiger partial charge is 0.160 e. The van der Waals surface area contributed by atoms with Crippen molar-refractivity contribution >= 4 is 11.8 Å². The van der Waals surface area contributed by atoms with E-state index in [-0.39, 0.29) is 5.75 Å². The number of para-hydroxylation sites is 2. The Labute approximate surface area is 99.7 Å². The number of aromatic hydroxyl groups is 1. The highest BCUT2D eigenvalue weighted by Gasteiger charge is 2.15. The molecule has 86 valence electrons. The van der Waals surface area contributed by atoms with Crippen molar-refractivity contribution in [3.05, 3.63) is 35.9 Å². The van der Waals surface area contributed by atoms with Crippen molar-refractivity contribution in [1.82, 2.24) is 4.90 Å². The number of hydrogen-bond donors (Lipinski definition) is 1. The summed E-state index contributed by atoms with van der Waals surface area (Å²) >= 11 is 1.79. The van der Waals surface area contributed by atoms with Gasteiger partial charge in [0.2, 0.25) is 0 Å². The molecule has 1 heterocycles. The van der Waals surface area contributed by atoms with Crippen LogP contribution in [0.5, 0.6) is 11.5 Å². The predicted molar refractivity (Wildman–Crippen MR) is 66.5 cm³/mol. The van der Waals surface area contributed by atoms with E-state index in [9.17, 15) is 5.11 Å². The molecule has 0 saturated carbocycles. The number of rotatable bonds is 4. The number of phenolic OH excluding ortho intramolecular Hbond substituents is 1. The van der Waals surface area contributed by atoms with Gasteiger partial charge in [-0.25, -0.2) is 0 Å². The van der Waals surface area contributed by atoms with Gasteiger partial charge in [0.05, 0.1) is 12.0 Å². The molecule has 1 aromatic rings. The largest absolute Gasteiger partial charge is 0.504 e. The van der Waals surface area contributed by atoms with Crippen LogP contribution >= 0.6 is 11.8 Å². The minimum atomic E-state index is 0.202. The van der Waals surface area contributed by atoms with E-state index in [1.807, 2.05) is 6.07 Å². The lowest BCUT2D eigenvalue weighted by Gasteiger charge is -2.19. The Morgan fingerprint density at radius 1 is 1.44 bits per heavy atom. The van der Waals surface area contributed by atoms with Gasteiger partial charge >= 0.3 is 0 Å². The van der Waals surface area contributed by atoms with E-state index in [1.54, 1.807) is 30.0 Å². The maximum atomic E-state index is 9.50. The van der Waals surface area contributed by atoms with Crippen LogP contribution in [0.2, 0.25) is 0 Å². The molecule has 0 radical (unpaired) electrons. The molecular formula is C12H15NO2S. The Morgan fingerprint density at radius 2 is 2.25 bits per heavy atom. The molecule has 0 saturated heterocycles. The highest BCUT2D eigenvalue weighted by atomic mass is 32.2. The van der Waals surface area contributed by atoms with Crippen LogP contribution in [0.1, 0.15) is 6.42 Å². The molecule has 4 heteroatoms. The van der Waals surface area contributed by atoms with E-state index in [2.05, 4.69) is 23.6 Å². The Hall–Kier alpha value is -1.29. The van der Waals surface area contributed by atoms with Gasteiger partial charge in [-0.2, -0.15) is 0 Å². The van der Waals surface area contributed by atoms with Gasteiger partial charge in [0, 0.05) is 19.7 Å². The van der Waals surface area contributed by atoms with Gasteiger partial charge in [0.25, 0.3) is 0 Å². The lowest BCUT2D eigenvalue weighted by molar-refractivity contribution is 0.269. The fraction of sp³-hybridized carbons (Fsp3) is 0.333. The second kappa shape index (κ2) is 5.16. The van der Waals surface area contributed by atoms with E-state index >= 15 is 0 Å². The van der Waals surface area contributed by atoms with E-state index in [1.165, 1.54) is 0 Å². The first-order valence-electron chi connectivity index (χ1n) is 5.22. The van der Waals surface area contributed by atoms with Crippen LogP contribution in [0.4, 0.5) is 0 Å². The van der Waals surface area contributed by atoms with Crippen molar-refractivity contribution in [3.8, 4) is 11.5 Å². The molecule has 0 bridgehead atoms. The summed E-state index contributed by atoms with van der Waals surface area (Å²) in [6, 6.07) is 7.05. The minimum absolute atomic E-state index is 0.202. The van der Waals surface area contributed by atoms with Crippen LogP contribution in [-0.2, 0) is 0 Å². The van der Waals surface area contributed by atoms with Crippen LogP contribution in [0.3, 0.4) is 0 Å². The highest BCUT2D eigenvalue weighted by Crippen LogP contribution is 2.28. The monoisotopic (exact) mass is 237 g/mol. The topological polar surface area (TPSA) is 32.7 Å². The fourth-order valence-corrected chi connectivity index (χ4v) is 2.47. The predicted octanol–water partition coefficient (Wildman–Crippen LogP) is 2.64. The third-order valence-corrected chi connectivity index (χ3v) is 3.63. The van der Waals surface area contributed by atoms with Crippen LogP contribution in [0, 0.1) is 0 Å². The van der Waals surface area contributed by atoms with E-state index < -0.39 is 0 Å². The number of nitrogens with zero attached hydrogens (tertiary/aromatic N) is 1. The minimum Gasteiger partial charge on any atom is -0.504 e. The summed E-state index contributed by atoms with van der Waals surface area (Å²) in [6.07, 6.45) is 3.00. The quantitative estimate of drug-likeness (QED) is 0.872. The molecule has 0 aromatic heterocycles. The van der Waals surface area contributed by atoms with E-state index in [4.69, 9.17) is 4.74 Å². The highest BCUT2D eigenvalue weighted by molar-refractivity contribution is 8.02. The summed E-state index contributed by atoms with van der Waals surface area (Å²) in [6.45, 7) is 0.612. The van der Waals surface area contributed by atoms with Crippen LogP contribution in [0.15, 0.2) is 35.9 Å². The third-order valence-electron chi connectivity index (χ3n) is 2.47. The summed E-state index contributed by atoms with van der Waals surface area (Å²) in [5.74, 6) is 0.758. The average molecular weight is 237 g/mol. The van der Waals surface area contributed by atoms with Gasteiger partial charge in [0.15, 0.2) is 11.5 Å². The van der Waals surface area contributed by atoms with Gasteiger partial charge in [0.1, 0.15) is 0 Å². The van der Waals surface area contributed by atoms with Crippen molar-refractivity contribution in [3.63, 3.8) is 0 Å². The molecule has 0 amide bonds. The number of phenols is 1. The first-order valence-corrected chi connectivity index (χ1v) is 6.16. The molecule has 1 aliphatic heterocycles. The number of hydrogen-bond acceptors (Lipinski definition) is 4. The Balaban J connectivity index is 1.78. The molecule has 16 heavy (non-hydrogen) atoms. The molecule has 1 aliphatic rings. The zero-order valence-electron chi connectivity index (χ0n) is 9.17. The molecular weight excluding hydrogens is 222 g/mol. The summed E-state index contributed by atoms with van der Waals surface area (Å²) in [5.41, 5.74) is 0. The van der Waals surface area contributed by atoms with Gasteiger partial charge < -0.3 is 14.7 Å². The van der Waals surface area contributed by atoms with Gasteiger partial charge in [-0.05, 0) is 17.5 Å². The van der Waals surface area contributed by atoms with E-state index in [0.717, 1.165) is 6.42 Å². The summed E-state index contributed by atoms with van der Waals surface area (Å²) in [7, 11) is 2.06. The molecule has 3 nitrogen and oxygen atoms in total. The maximum absolute atomic E-state index is 9.50. The van der Waals surface area contributed by atoms with Crippen molar-refractivity contribution in [1.29, 1.82) is 0 Å².